The largest absolute Gasteiger partial charge is 0.125 e. The molecule has 0 saturated heterocycles. The second-order valence-electron chi connectivity index (χ2n) is 10.8. The fraction of sp³-hybridized carbons (Fsp3) is 0.0769. The lowest BCUT2D eigenvalue weighted by Gasteiger charge is -2.22. The Kier molecular flexibility index (Phi) is 6.55. The third kappa shape index (κ3) is 4.02. The third-order valence-electron chi connectivity index (χ3n) is 8.60. The smallest absolute Gasteiger partial charge is 0.0259 e. The molecule has 0 radical (unpaired) electrons. The molecule has 7 aromatic carbocycles. The minimum atomic E-state index is 0.941. The van der Waals surface area contributed by atoms with Crippen LogP contribution in [0.15, 0.2) is 125 Å². The maximum atomic E-state index is 4.51. The van der Waals surface area contributed by atoms with E-state index < -0.39 is 0 Å². The highest BCUT2D eigenvalue weighted by molar-refractivity contribution is 8.68. The van der Waals surface area contributed by atoms with E-state index in [4.69, 9.17) is 0 Å². The van der Waals surface area contributed by atoms with Gasteiger partial charge in [0.05, 0.1) is 0 Å². The molecule has 3 heteroatoms. The van der Waals surface area contributed by atoms with Crippen molar-refractivity contribution >= 4 is 83.4 Å². The van der Waals surface area contributed by atoms with Gasteiger partial charge in [0.2, 0.25) is 0 Å². The van der Waals surface area contributed by atoms with Crippen molar-refractivity contribution in [1.29, 1.82) is 0 Å². The van der Waals surface area contributed by atoms with Crippen LogP contribution < -0.4 is 0 Å². The number of hydrogen-bond donors (Lipinski definition) is 1. The van der Waals surface area contributed by atoms with Gasteiger partial charge in [0.25, 0.3) is 0 Å². The Morgan fingerprint density at radius 2 is 1.31 bits per heavy atom. The van der Waals surface area contributed by atoms with Crippen LogP contribution in [0.3, 0.4) is 0 Å². The molecule has 1 aliphatic rings. The van der Waals surface area contributed by atoms with Crippen LogP contribution >= 0.6 is 34.2 Å². The molecule has 0 amide bonds. The molecule has 0 aliphatic heterocycles. The van der Waals surface area contributed by atoms with Gasteiger partial charge in [-0.3, -0.25) is 0 Å². The van der Waals surface area contributed by atoms with Crippen LogP contribution in [-0.4, -0.2) is 5.75 Å². The third-order valence-corrected chi connectivity index (χ3v) is 10.8. The lowest BCUT2D eigenvalue weighted by atomic mass is 9.83. The number of thioether (sulfide) groups is 1. The lowest BCUT2D eigenvalue weighted by molar-refractivity contribution is 1.29. The summed E-state index contributed by atoms with van der Waals surface area (Å²) in [4.78, 5) is 2.58. The van der Waals surface area contributed by atoms with E-state index in [-0.39, 0.29) is 0 Å². The first-order valence-corrected chi connectivity index (χ1v) is 17.3. The molecular formula is C39H28S3. The Morgan fingerprint density at radius 1 is 0.667 bits per heavy atom. The molecule has 0 heterocycles. The summed E-state index contributed by atoms with van der Waals surface area (Å²) < 4.78 is 0. The van der Waals surface area contributed by atoms with Gasteiger partial charge in [-0.2, -0.15) is 0 Å². The van der Waals surface area contributed by atoms with Gasteiger partial charge in [-0.05, 0) is 101 Å². The normalized spacial score (nSPS) is 12.6. The number of thiol groups is 1. The molecule has 202 valence electrons. The maximum Gasteiger partial charge on any atom is 0.0259 e. The van der Waals surface area contributed by atoms with Crippen molar-refractivity contribution in [2.45, 2.75) is 23.1 Å². The first-order valence-electron chi connectivity index (χ1n) is 14.4. The van der Waals surface area contributed by atoms with Gasteiger partial charge >= 0.3 is 0 Å². The fourth-order valence-electron chi connectivity index (χ4n) is 6.88. The topological polar surface area (TPSA) is 0 Å². The van der Waals surface area contributed by atoms with Gasteiger partial charge in [-0.15, -0.1) is 23.4 Å². The van der Waals surface area contributed by atoms with Crippen LogP contribution in [0, 0.1) is 0 Å². The van der Waals surface area contributed by atoms with Gasteiger partial charge in [0.1, 0.15) is 0 Å². The summed E-state index contributed by atoms with van der Waals surface area (Å²) in [5, 5.41) is 10.5. The molecule has 0 aromatic heterocycles. The van der Waals surface area contributed by atoms with E-state index in [1.807, 2.05) is 11.8 Å². The minimum absolute atomic E-state index is 0.941. The van der Waals surface area contributed by atoms with Crippen molar-refractivity contribution in [2.24, 2.45) is 0 Å². The molecule has 0 atom stereocenters. The van der Waals surface area contributed by atoms with E-state index in [9.17, 15) is 0 Å². The molecule has 0 nitrogen and oxygen atoms in total. The maximum absolute atomic E-state index is 4.51. The number of hydrogen-bond acceptors (Lipinski definition) is 3. The summed E-state index contributed by atoms with van der Waals surface area (Å²) in [6, 6.07) is 40.6. The summed E-state index contributed by atoms with van der Waals surface area (Å²) in [6.45, 7) is 2.24. The van der Waals surface area contributed by atoms with Crippen molar-refractivity contribution in [2.75, 3.05) is 5.75 Å². The zero-order chi connectivity index (χ0) is 28.2. The molecule has 0 spiro atoms. The van der Waals surface area contributed by atoms with Crippen LogP contribution in [-0.2, 0) is 6.42 Å². The molecule has 0 fully saturated rings. The predicted molar refractivity (Wildman–Crippen MR) is 191 cm³/mol. The molecule has 0 saturated carbocycles. The van der Waals surface area contributed by atoms with Gasteiger partial charge < -0.3 is 0 Å². The summed E-state index contributed by atoms with van der Waals surface area (Å²) >= 11 is 6.46. The molecule has 0 bridgehead atoms. The van der Waals surface area contributed by atoms with Crippen molar-refractivity contribution in [3.63, 3.8) is 0 Å². The SMILES string of the molecule is CCSc1c2ccccc2c(-c2ccc3cc(-c4ccc(SS)c5ccccc45)cc4c3c2C=CC4)c2ccccc12. The Bertz CT molecular complexity index is 2170. The van der Waals surface area contributed by atoms with Gasteiger partial charge in [0.15, 0.2) is 0 Å². The highest BCUT2D eigenvalue weighted by Crippen LogP contribution is 2.47. The van der Waals surface area contributed by atoms with E-state index in [2.05, 4.69) is 140 Å². The van der Waals surface area contributed by atoms with Crippen LogP contribution in [0.1, 0.15) is 18.1 Å². The van der Waals surface area contributed by atoms with Crippen LogP contribution in [0.25, 0.3) is 71.4 Å². The first kappa shape index (κ1) is 26.0. The van der Waals surface area contributed by atoms with E-state index in [0.29, 0.717) is 0 Å². The number of rotatable bonds is 5. The number of benzene rings is 7. The Labute approximate surface area is 259 Å². The monoisotopic (exact) mass is 592 g/mol. The molecule has 8 rings (SSSR count). The van der Waals surface area contributed by atoms with Gasteiger partial charge in [-0.1, -0.05) is 127 Å². The van der Waals surface area contributed by atoms with Crippen molar-refractivity contribution in [3.8, 4) is 22.3 Å². The Morgan fingerprint density at radius 3 is 2.00 bits per heavy atom. The second-order valence-corrected chi connectivity index (χ2v) is 13.3. The summed E-state index contributed by atoms with van der Waals surface area (Å²) in [5.74, 6) is 1.05. The molecule has 7 aromatic rings. The molecule has 1 aliphatic carbocycles. The Balaban J connectivity index is 1.40. The number of fused-ring (bicyclic) bond motifs is 3. The zero-order valence-corrected chi connectivity index (χ0v) is 25.8. The Hall–Kier alpha value is -3.63. The second kappa shape index (κ2) is 10.6. The highest BCUT2D eigenvalue weighted by Gasteiger charge is 2.21. The average Bonchev–Trinajstić information content (AvgIpc) is 3.05. The number of allylic oxidation sites excluding steroid dienone is 1. The first-order chi connectivity index (χ1) is 20.8. The van der Waals surface area contributed by atoms with Crippen molar-refractivity contribution < 1.29 is 0 Å². The van der Waals surface area contributed by atoms with Gasteiger partial charge in [-0.25, -0.2) is 0 Å². The zero-order valence-electron chi connectivity index (χ0n) is 23.2. The van der Waals surface area contributed by atoms with Crippen LogP contribution in [0.5, 0.6) is 0 Å². The standard InChI is InChI=1S/C39H28S3/c1-2-41-39-34-15-7-5-13-31(34)38(32-14-6-8-16-35(32)39)33-19-18-25-23-26(22-24-10-9-17-30(33)37(24)25)27-20-21-36(42-40)29-12-4-3-11-28(27)29/h3-9,11-23,40H,2,10H2,1H3. The molecular weight excluding hydrogens is 565 g/mol. The molecule has 0 N–H and O–H groups in total. The van der Waals surface area contributed by atoms with Crippen molar-refractivity contribution in [3.05, 3.63) is 126 Å². The summed E-state index contributed by atoms with van der Waals surface area (Å²) in [5.41, 5.74) is 7.93. The predicted octanol–water partition coefficient (Wildman–Crippen LogP) is 12.3. The highest BCUT2D eigenvalue weighted by atomic mass is 33.1. The molecule has 0 unspecified atom stereocenters. The van der Waals surface area contributed by atoms with Crippen LogP contribution in [0.2, 0.25) is 0 Å². The van der Waals surface area contributed by atoms with Crippen LogP contribution in [0.4, 0.5) is 0 Å². The average molecular weight is 593 g/mol. The quantitative estimate of drug-likeness (QED) is 0.0914. The van der Waals surface area contributed by atoms with E-state index in [0.717, 1.165) is 12.2 Å². The lowest BCUT2D eigenvalue weighted by Crippen LogP contribution is -1.98. The summed E-state index contributed by atoms with van der Waals surface area (Å²) in [7, 11) is 1.51. The van der Waals surface area contributed by atoms with Gasteiger partial charge in [0, 0.05) is 9.79 Å². The van der Waals surface area contributed by atoms with Crippen molar-refractivity contribution in [1.82, 2.24) is 0 Å². The van der Waals surface area contributed by atoms with E-state index in [1.54, 1.807) is 0 Å². The minimum Gasteiger partial charge on any atom is -0.125 e. The fourth-order valence-corrected chi connectivity index (χ4v) is 8.72. The summed E-state index contributed by atoms with van der Waals surface area (Å²) in [6.07, 6.45) is 5.64. The van der Waals surface area contributed by atoms with E-state index in [1.165, 1.54) is 97.1 Å². The molecule has 42 heavy (non-hydrogen) atoms. The van der Waals surface area contributed by atoms with E-state index >= 15 is 0 Å².